The Morgan fingerprint density at radius 3 is 2.68 bits per heavy atom. The molecule has 2 rings (SSSR count). The Hall–Kier alpha value is -1.37. The average molecular weight is 290 g/mol. The third-order valence-electron chi connectivity index (χ3n) is 2.86. The summed E-state index contributed by atoms with van der Waals surface area (Å²) in [5.74, 6) is 0.731. The zero-order valence-corrected chi connectivity index (χ0v) is 10.8. The second kappa shape index (κ2) is 5.32. The van der Waals surface area contributed by atoms with Gasteiger partial charge >= 0.3 is 6.18 Å². The molecule has 1 aliphatic rings. The lowest BCUT2D eigenvalue weighted by atomic mass is 10.1. The van der Waals surface area contributed by atoms with E-state index in [0.29, 0.717) is 0 Å². The normalized spacial score (nSPS) is 19.4. The van der Waals surface area contributed by atoms with E-state index in [1.165, 1.54) is 6.07 Å². The van der Waals surface area contributed by atoms with Gasteiger partial charge in [-0.2, -0.15) is 13.2 Å². The van der Waals surface area contributed by atoms with Crippen molar-refractivity contribution in [3.63, 3.8) is 0 Å². The molecule has 1 amide bonds. The average Bonchev–Trinajstić information content (AvgIpc) is 2.84. The van der Waals surface area contributed by atoms with Crippen LogP contribution in [0.3, 0.4) is 0 Å². The fourth-order valence-electron chi connectivity index (χ4n) is 1.85. The quantitative estimate of drug-likeness (QED) is 0.823. The molecule has 0 spiro atoms. The molecule has 1 heterocycles. The first kappa shape index (κ1) is 14.0. The number of benzene rings is 1. The Morgan fingerprint density at radius 2 is 2.16 bits per heavy atom. The second-order valence-electron chi connectivity index (χ2n) is 4.29. The SMILES string of the molecule is Nc1cc(C(F)(F)F)ccc1NC(=O)C1CCCS1. The number of carbonyl (C=O) groups excluding carboxylic acids is 1. The van der Waals surface area contributed by atoms with Crippen LogP contribution in [0.4, 0.5) is 24.5 Å². The summed E-state index contributed by atoms with van der Waals surface area (Å²) in [5, 5.41) is 2.44. The van der Waals surface area contributed by atoms with Gasteiger partial charge in [0.25, 0.3) is 0 Å². The maximum atomic E-state index is 12.5. The fourth-order valence-corrected chi connectivity index (χ4v) is 3.01. The van der Waals surface area contributed by atoms with Crippen LogP contribution in [0.25, 0.3) is 0 Å². The Kier molecular flexibility index (Phi) is 3.93. The summed E-state index contributed by atoms with van der Waals surface area (Å²) in [6, 6.07) is 2.93. The zero-order chi connectivity index (χ0) is 14.0. The largest absolute Gasteiger partial charge is 0.416 e. The van der Waals surface area contributed by atoms with Gasteiger partial charge in [-0.1, -0.05) is 0 Å². The van der Waals surface area contributed by atoms with Crippen LogP contribution in [-0.2, 0) is 11.0 Å². The molecule has 104 valence electrons. The molecule has 7 heteroatoms. The number of amides is 1. The van der Waals surface area contributed by atoms with E-state index in [1.54, 1.807) is 11.8 Å². The lowest BCUT2D eigenvalue weighted by molar-refractivity contribution is -0.137. The van der Waals surface area contributed by atoms with Gasteiger partial charge in [0.15, 0.2) is 0 Å². The highest BCUT2D eigenvalue weighted by Crippen LogP contribution is 2.33. The van der Waals surface area contributed by atoms with Crippen molar-refractivity contribution in [3.8, 4) is 0 Å². The maximum absolute atomic E-state index is 12.5. The van der Waals surface area contributed by atoms with Gasteiger partial charge in [0.1, 0.15) is 0 Å². The molecule has 0 saturated carbocycles. The first-order chi connectivity index (χ1) is 8.88. The van der Waals surface area contributed by atoms with Crippen LogP contribution in [0.5, 0.6) is 0 Å². The lowest BCUT2D eigenvalue weighted by Gasteiger charge is -2.13. The third-order valence-corrected chi connectivity index (χ3v) is 4.24. The smallest absolute Gasteiger partial charge is 0.397 e. The van der Waals surface area contributed by atoms with Crippen molar-refractivity contribution in [1.82, 2.24) is 0 Å². The maximum Gasteiger partial charge on any atom is 0.416 e. The van der Waals surface area contributed by atoms with E-state index in [9.17, 15) is 18.0 Å². The van der Waals surface area contributed by atoms with Crippen LogP contribution in [0.15, 0.2) is 18.2 Å². The van der Waals surface area contributed by atoms with Gasteiger partial charge in [0.05, 0.1) is 22.2 Å². The second-order valence-corrected chi connectivity index (χ2v) is 5.60. The number of alkyl halides is 3. The molecule has 0 aliphatic carbocycles. The monoisotopic (exact) mass is 290 g/mol. The summed E-state index contributed by atoms with van der Waals surface area (Å²) >= 11 is 1.55. The molecule has 1 fully saturated rings. The van der Waals surface area contributed by atoms with E-state index in [1.807, 2.05) is 0 Å². The van der Waals surface area contributed by atoms with E-state index < -0.39 is 11.7 Å². The summed E-state index contributed by atoms with van der Waals surface area (Å²) in [7, 11) is 0. The summed E-state index contributed by atoms with van der Waals surface area (Å²) in [5.41, 5.74) is 4.87. The van der Waals surface area contributed by atoms with Crippen molar-refractivity contribution in [2.45, 2.75) is 24.3 Å². The van der Waals surface area contributed by atoms with Gasteiger partial charge in [0.2, 0.25) is 5.91 Å². The number of halogens is 3. The number of hydrogen-bond acceptors (Lipinski definition) is 3. The molecule has 1 aromatic rings. The van der Waals surface area contributed by atoms with E-state index in [0.717, 1.165) is 30.7 Å². The highest BCUT2D eigenvalue weighted by atomic mass is 32.2. The molecule has 0 aromatic heterocycles. The topological polar surface area (TPSA) is 55.1 Å². The number of carbonyl (C=O) groups is 1. The molecule has 19 heavy (non-hydrogen) atoms. The number of thioether (sulfide) groups is 1. The Balaban J connectivity index is 2.11. The fraction of sp³-hybridized carbons (Fsp3) is 0.417. The lowest BCUT2D eigenvalue weighted by Crippen LogP contribution is -2.23. The summed E-state index contributed by atoms with van der Waals surface area (Å²) < 4.78 is 37.4. The van der Waals surface area contributed by atoms with Crippen LogP contribution in [0.1, 0.15) is 18.4 Å². The van der Waals surface area contributed by atoms with Crippen LogP contribution >= 0.6 is 11.8 Å². The molecule has 1 saturated heterocycles. The highest BCUT2D eigenvalue weighted by Gasteiger charge is 2.31. The van der Waals surface area contributed by atoms with Crippen molar-refractivity contribution in [3.05, 3.63) is 23.8 Å². The van der Waals surface area contributed by atoms with Crippen LogP contribution in [0.2, 0.25) is 0 Å². The zero-order valence-electron chi connectivity index (χ0n) is 9.96. The molecule has 0 bridgehead atoms. The summed E-state index contributed by atoms with van der Waals surface area (Å²) in [6.07, 6.45) is -2.67. The number of nitrogen functional groups attached to an aromatic ring is 1. The minimum Gasteiger partial charge on any atom is -0.397 e. The molecule has 1 atom stereocenters. The Bertz CT molecular complexity index is 484. The number of nitrogens with one attached hydrogen (secondary N) is 1. The van der Waals surface area contributed by atoms with Gasteiger partial charge in [-0.05, 0) is 36.8 Å². The molecule has 1 unspecified atom stereocenters. The van der Waals surface area contributed by atoms with Crippen molar-refractivity contribution in [2.75, 3.05) is 16.8 Å². The third kappa shape index (κ3) is 3.34. The molecule has 0 radical (unpaired) electrons. The van der Waals surface area contributed by atoms with E-state index >= 15 is 0 Å². The van der Waals surface area contributed by atoms with Crippen LogP contribution in [-0.4, -0.2) is 16.9 Å². The predicted molar refractivity (Wildman–Crippen MR) is 70.0 cm³/mol. The Labute approximate surface area is 112 Å². The number of hydrogen-bond donors (Lipinski definition) is 2. The summed E-state index contributed by atoms with van der Waals surface area (Å²) in [4.78, 5) is 11.8. The molecule has 1 aliphatic heterocycles. The minimum atomic E-state index is -4.43. The van der Waals surface area contributed by atoms with E-state index in [2.05, 4.69) is 5.32 Å². The van der Waals surface area contributed by atoms with Gasteiger partial charge in [-0.3, -0.25) is 4.79 Å². The minimum absolute atomic E-state index is 0.0776. The van der Waals surface area contributed by atoms with Crippen molar-refractivity contribution in [2.24, 2.45) is 0 Å². The molecular formula is C12H13F3N2OS. The number of anilines is 2. The molecule has 3 nitrogen and oxygen atoms in total. The van der Waals surface area contributed by atoms with Crippen LogP contribution < -0.4 is 11.1 Å². The number of rotatable bonds is 2. The van der Waals surface area contributed by atoms with Crippen molar-refractivity contribution < 1.29 is 18.0 Å². The highest BCUT2D eigenvalue weighted by molar-refractivity contribution is 8.00. The standard InChI is InChI=1S/C12H13F3N2OS/c13-12(14,15)7-3-4-9(8(16)6-7)17-11(18)10-2-1-5-19-10/h3-4,6,10H,1-2,5,16H2,(H,17,18). The van der Waals surface area contributed by atoms with Crippen molar-refractivity contribution >= 4 is 29.0 Å². The van der Waals surface area contributed by atoms with Crippen LogP contribution in [0, 0.1) is 0 Å². The van der Waals surface area contributed by atoms with Crippen molar-refractivity contribution in [1.29, 1.82) is 0 Å². The van der Waals surface area contributed by atoms with E-state index in [-0.39, 0.29) is 22.5 Å². The van der Waals surface area contributed by atoms with Gasteiger partial charge in [-0.15, -0.1) is 11.8 Å². The van der Waals surface area contributed by atoms with Gasteiger partial charge in [0, 0.05) is 0 Å². The molecule has 1 aromatic carbocycles. The van der Waals surface area contributed by atoms with Gasteiger partial charge < -0.3 is 11.1 Å². The molecule has 3 N–H and O–H groups in total. The first-order valence-electron chi connectivity index (χ1n) is 5.77. The predicted octanol–water partition coefficient (Wildman–Crippen LogP) is 3.12. The first-order valence-corrected chi connectivity index (χ1v) is 6.82. The van der Waals surface area contributed by atoms with Gasteiger partial charge in [-0.25, -0.2) is 0 Å². The Morgan fingerprint density at radius 1 is 1.42 bits per heavy atom. The summed E-state index contributed by atoms with van der Waals surface area (Å²) in [6.45, 7) is 0. The molecular weight excluding hydrogens is 277 g/mol. The van der Waals surface area contributed by atoms with E-state index in [4.69, 9.17) is 5.73 Å². The number of nitrogens with two attached hydrogens (primary N) is 1.